The van der Waals surface area contributed by atoms with Crippen LogP contribution < -0.4 is 25.1 Å². The van der Waals surface area contributed by atoms with Gasteiger partial charge in [0.15, 0.2) is 0 Å². The highest BCUT2D eigenvalue weighted by Crippen LogP contribution is 2.42. The smallest absolute Gasteiger partial charge is 0.407 e. The van der Waals surface area contributed by atoms with E-state index in [1.54, 1.807) is 45.3 Å². The third-order valence-electron chi connectivity index (χ3n) is 7.23. The molecule has 0 unspecified atom stereocenters. The first-order valence-corrected chi connectivity index (χ1v) is 15.4. The third kappa shape index (κ3) is 7.41. The summed E-state index contributed by atoms with van der Waals surface area (Å²) in [5.41, 5.74) is 2.18. The second-order valence-electron chi connectivity index (χ2n) is 10.4. The molecule has 3 aromatic rings. The quantitative estimate of drug-likeness (QED) is 0.336. The van der Waals surface area contributed by atoms with Gasteiger partial charge in [-0.3, -0.25) is 9.52 Å². The molecule has 12 heteroatoms. The van der Waals surface area contributed by atoms with E-state index >= 15 is 0 Å². The van der Waals surface area contributed by atoms with Gasteiger partial charge >= 0.3 is 6.09 Å². The summed E-state index contributed by atoms with van der Waals surface area (Å²) in [5.74, 6) is 0.642. The molecule has 1 heterocycles. The Morgan fingerprint density at radius 3 is 2.31 bits per heavy atom. The average molecular weight is 602 g/mol. The lowest BCUT2D eigenvalue weighted by Crippen LogP contribution is -2.39. The number of hydrogen-bond donors (Lipinski definition) is 2. The highest BCUT2D eigenvalue weighted by atomic mass is 32.2. The Bertz CT molecular complexity index is 1610. The largest absolute Gasteiger partial charge is 0.490 e. The van der Waals surface area contributed by atoms with Gasteiger partial charge in [0.2, 0.25) is 10.0 Å². The van der Waals surface area contributed by atoms with Crippen LogP contribution in [0, 0.1) is 19.7 Å². The first kappa shape index (κ1) is 30.9. The molecule has 0 saturated heterocycles. The Hall–Kier alpha value is -4.06. The van der Waals surface area contributed by atoms with Crippen LogP contribution in [-0.2, 0) is 21.8 Å². The van der Waals surface area contributed by atoms with Crippen LogP contribution in [0.2, 0.25) is 0 Å². The maximum absolute atomic E-state index is 14.0. The van der Waals surface area contributed by atoms with Gasteiger partial charge in [-0.1, -0.05) is 0 Å². The normalized spacial score (nSPS) is 16.9. The third-order valence-corrected chi connectivity index (χ3v) is 8.53. The van der Waals surface area contributed by atoms with Crippen LogP contribution in [0.4, 0.5) is 14.9 Å². The van der Waals surface area contributed by atoms with E-state index in [0.29, 0.717) is 70.9 Å². The number of aromatic nitrogens is 1. The summed E-state index contributed by atoms with van der Waals surface area (Å²) in [7, 11) is -0.654. The highest BCUT2D eigenvalue weighted by Gasteiger charge is 2.26. The van der Waals surface area contributed by atoms with Crippen LogP contribution in [0.3, 0.4) is 0 Å². The summed E-state index contributed by atoms with van der Waals surface area (Å²) < 4.78 is 60.1. The minimum absolute atomic E-state index is 0.0362. The lowest BCUT2D eigenvalue weighted by Gasteiger charge is -2.30. The number of methoxy groups -OCH3 is 1. The number of pyridine rings is 1. The molecular weight excluding hydrogens is 565 g/mol. The van der Waals surface area contributed by atoms with Crippen LogP contribution in [0.15, 0.2) is 47.4 Å². The van der Waals surface area contributed by atoms with Crippen LogP contribution >= 0.6 is 0 Å². The van der Waals surface area contributed by atoms with Crippen LogP contribution in [0.25, 0.3) is 11.1 Å². The molecule has 1 saturated carbocycles. The second kappa shape index (κ2) is 12.8. The van der Waals surface area contributed by atoms with Gasteiger partial charge in [-0.2, -0.15) is 0 Å². The zero-order chi connectivity index (χ0) is 30.6. The van der Waals surface area contributed by atoms with E-state index in [2.05, 4.69) is 10.0 Å². The molecule has 226 valence electrons. The zero-order valence-corrected chi connectivity index (χ0v) is 25.1. The van der Waals surface area contributed by atoms with Crippen molar-refractivity contribution >= 4 is 21.8 Å². The van der Waals surface area contributed by atoms with Crippen LogP contribution in [-0.4, -0.2) is 44.1 Å². The minimum atomic E-state index is -3.58. The molecular formula is C30H36FN3O7S. The Morgan fingerprint density at radius 2 is 1.69 bits per heavy atom. The van der Waals surface area contributed by atoms with Crippen molar-refractivity contribution in [3.63, 3.8) is 0 Å². The summed E-state index contributed by atoms with van der Waals surface area (Å²) >= 11 is 0. The zero-order valence-electron chi connectivity index (χ0n) is 24.3. The van der Waals surface area contributed by atoms with E-state index in [0.717, 1.165) is 0 Å². The number of carbonyl (C=O) groups is 1. The van der Waals surface area contributed by atoms with Crippen molar-refractivity contribution in [2.24, 2.45) is 7.05 Å². The second-order valence-corrected chi connectivity index (χ2v) is 12.4. The van der Waals surface area contributed by atoms with Gasteiger partial charge in [0.1, 0.15) is 23.1 Å². The van der Waals surface area contributed by atoms with E-state index in [1.165, 1.54) is 36.8 Å². The number of hydrogen-bond acceptors (Lipinski definition) is 7. The van der Waals surface area contributed by atoms with Crippen LogP contribution in [0.1, 0.15) is 43.7 Å². The SMILES string of the molecule is CCS(=O)(=O)Nc1ccc(Oc2c(C)cc(F)cc2C)c(-c2cn(C)c(=O)cc2O[C@H]2CC[C@H](NC(=O)OC)CC2)c1. The molecule has 1 aliphatic rings. The lowest BCUT2D eigenvalue weighted by atomic mass is 9.93. The number of rotatable bonds is 9. The molecule has 10 nitrogen and oxygen atoms in total. The van der Waals surface area contributed by atoms with E-state index in [1.807, 2.05) is 0 Å². The number of halogens is 1. The Balaban J connectivity index is 1.75. The molecule has 0 bridgehead atoms. The van der Waals surface area contributed by atoms with Crippen molar-refractivity contribution < 1.29 is 31.8 Å². The summed E-state index contributed by atoms with van der Waals surface area (Å²) in [6, 6.07) is 8.94. The first-order valence-electron chi connectivity index (χ1n) is 13.7. The predicted octanol–water partition coefficient (Wildman–Crippen LogP) is 5.41. The molecule has 0 spiro atoms. The van der Waals surface area contributed by atoms with Gasteiger partial charge in [-0.05, 0) is 87.9 Å². The van der Waals surface area contributed by atoms with E-state index in [4.69, 9.17) is 14.2 Å². The van der Waals surface area contributed by atoms with Crippen molar-refractivity contribution in [1.82, 2.24) is 9.88 Å². The van der Waals surface area contributed by atoms with Crippen molar-refractivity contribution in [1.29, 1.82) is 0 Å². The number of aryl methyl sites for hydroxylation is 3. The van der Waals surface area contributed by atoms with Gasteiger partial charge in [0.25, 0.3) is 5.56 Å². The van der Waals surface area contributed by atoms with Crippen molar-refractivity contribution in [3.8, 4) is 28.4 Å². The monoisotopic (exact) mass is 601 g/mol. The molecule has 1 aromatic heterocycles. The molecule has 1 fully saturated rings. The molecule has 2 aromatic carbocycles. The molecule has 1 aliphatic carbocycles. The van der Waals surface area contributed by atoms with Gasteiger partial charge in [-0.15, -0.1) is 0 Å². The number of anilines is 1. The summed E-state index contributed by atoms with van der Waals surface area (Å²) in [6.07, 6.45) is 3.53. The summed E-state index contributed by atoms with van der Waals surface area (Å²) in [4.78, 5) is 24.3. The van der Waals surface area contributed by atoms with E-state index in [9.17, 15) is 22.4 Å². The predicted molar refractivity (Wildman–Crippen MR) is 158 cm³/mol. The van der Waals surface area contributed by atoms with Gasteiger partial charge < -0.3 is 24.1 Å². The fourth-order valence-electron chi connectivity index (χ4n) is 4.96. The summed E-state index contributed by atoms with van der Waals surface area (Å²) in [5, 5.41) is 2.81. The molecule has 0 radical (unpaired) electrons. The van der Waals surface area contributed by atoms with Crippen molar-refractivity contribution in [3.05, 3.63) is 69.9 Å². The standard InChI is InChI=1S/C30H36FN3O7S/c1-6-42(37,38)33-22-9-12-26(41-29-18(2)13-20(31)14-19(29)3)24(15-22)25-17-34(4)28(35)16-27(25)40-23-10-7-21(8-11-23)32-30(36)39-5/h9,12-17,21,23,33H,6-8,10-11H2,1-5H3,(H,32,36)/t21-,23-. The number of alkyl carbamates (subject to hydrolysis) is 1. The minimum Gasteiger partial charge on any atom is -0.490 e. The lowest BCUT2D eigenvalue weighted by molar-refractivity contribution is 0.129. The molecule has 2 N–H and O–H groups in total. The van der Waals surface area contributed by atoms with E-state index < -0.39 is 16.1 Å². The number of benzene rings is 2. The number of nitrogens with zero attached hydrogens (tertiary/aromatic N) is 1. The van der Waals surface area contributed by atoms with Gasteiger partial charge in [0, 0.05) is 42.2 Å². The Morgan fingerprint density at radius 1 is 1.02 bits per heavy atom. The van der Waals surface area contributed by atoms with Gasteiger partial charge in [0.05, 0.1) is 19.0 Å². The number of amides is 1. The number of sulfonamides is 1. The fraction of sp³-hybridized carbons (Fsp3) is 0.400. The Kier molecular flexibility index (Phi) is 9.45. The number of ether oxygens (including phenoxy) is 3. The number of nitrogens with one attached hydrogen (secondary N) is 2. The molecule has 1 amide bonds. The van der Waals surface area contributed by atoms with Gasteiger partial charge in [-0.25, -0.2) is 17.6 Å². The number of carbonyl (C=O) groups excluding carboxylic acids is 1. The van der Waals surface area contributed by atoms with Crippen LogP contribution in [0.5, 0.6) is 17.2 Å². The molecule has 0 aliphatic heterocycles. The van der Waals surface area contributed by atoms with E-state index in [-0.39, 0.29) is 29.3 Å². The molecule has 4 rings (SSSR count). The maximum Gasteiger partial charge on any atom is 0.407 e. The molecule has 42 heavy (non-hydrogen) atoms. The highest BCUT2D eigenvalue weighted by molar-refractivity contribution is 7.92. The molecule has 0 atom stereocenters. The van der Waals surface area contributed by atoms with Crippen molar-refractivity contribution in [2.45, 2.75) is 58.6 Å². The first-order chi connectivity index (χ1) is 19.9. The topological polar surface area (TPSA) is 125 Å². The average Bonchev–Trinajstić information content (AvgIpc) is 2.94. The summed E-state index contributed by atoms with van der Waals surface area (Å²) in [6.45, 7) is 5.01. The fourth-order valence-corrected chi connectivity index (χ4v) is 5.59. The Labute approximate surface area is 244 Å². The maximum atomic E-state index is 14.0. The van der Waals surface area contributed by atoms with Crippen molar-refractivity contribution in [2.75, 3.05) is 17.6 Å².